The Morgan fingerprint density at radius 2 is 2.00 bits per heavy atom. The van der Waals surface area contributed by atoms with E-state index < -0.39 is 0 Å². The fraction of sp³-hybridized carbons (Fsp3) is 0.286. The normalized spacial score (nSPS) is 15.3. The number of nitrogens with zero attached hydrogens (tertiary/aromatic N) is 2. The molecule has 0 amide bonds. The Kier molecular flexibility index (Phi) is 2.92. The van der Waals surface area contributed by atoms with E-state index >= 15 is 0 Å². The van der Waals surface area contributed by atoms with Gasteiger partial charge < -0.3 is 4.90 Å². The summed E-state index contributed by atoms with van der Waals surface area (Å²) in [6.07, 6.45) is 3.21. The summed E-state index contributed by atoms with van der Waals surface area (Å²) in [5.41, 5.74) is 1.53. The minimum Gasteiger partial charge on any atom is -0.356 e. The number of aromatic nitrogens is 1. The van der Waals surface area contributed by atoms with Gasteiger partial charge in [-0.2, -0.15) is 0 Å². The van der Waals surface area contributed by atoms with E-state index in [0.29, 0.717) is 10.6 Å². The first-order valence-electron chi connectivity index (χ1n) is 6.08. The van der Waals surface area contributed by atoms with Crippen molar-refractivity contribution in [2.75, 3.05) is 18.0 Å². The third kappa shape index (κ3) is 1.95. The molecule has 92 valence electrons. The summed E-state index contributed by atoms with van der Waals surface area (Å²) in [5.74, 6) is 0.803. The number of fused-ring (bicyclic) bond motifs is 1. The second kappa shape index (κ2) is 4.58. The van der Waals surface area contributed by atoms with Gasteiger partial charge in [-0.3, -0.25) is 4.79 Å². The summed E-state index contributed by atoms with van der Waals surface area (Å²) >= 11 is 5.95. The van der Waals surface area contributed by atoms with Gasteiger partial charge in [0.1, 0.15) is 5.82 Å². The Morgan fingerprint density at radius 1 is 1.22 bits per heavy atom. The molecule has 3 nitrogen and oxygen atoms in total. The van der Waals surface area contributed by atoms with E-state index in [4.69, 9.17) is 11.6 Å². The van der Waals surface area contributed by atoms with Gasteiger partial charge in [-0.25, -0.2) is 4.98 Å². The summed E-state index contributed by atoms with van der Waals surface area (Å²) < 4.78 is 0. The van der Waals surface area contributed by atoms with Crippen LogP contribution in [0.2, 0.25) is 5.02 Å². The molecule has 0 spiro atoms. The van der Waals surface area contributed by atoms with Crippen LogP contribution in [0.25, 0.3) is 10.9 Å². The molecule has 18 heavy (non-hydrogen) atoms. The number of carbonyl (C=O) groups is 1. The Morgan fingerprint density at radius 3 is 2.72 bits per heavy atom. The average Bonchev–Trinajstić information content (AvgIpc) is 2.90. The molecular formula is C14H13ClN2O. The lowest BCUT2D eigenvalue weighted by Crippen LogP contribution is -2.20. The van der Waals surface area contributed by atoms with Gasteiger partial charge in [-0.1, -0.05) is 11.6 Å². The van der Waals surface area contributed by atoms with Gasteiger partial charge in [0.15, 0.2) is 6.29 Å². The molecule has 0 bridgehead atoms. The van der Waals surface area contributed by atoms with Crippen molar-refractivity contribution < 1.29 is 4.79 Å². The maximum absolute atomic E-state index is 11.2. The molecule has 2 heterocycles. The summed E-state index contributed by atoms with van der Waals surface area (Å²) in [4.78, 5) is 18.0. The topological polar surface area (TPSA) is 33.2 Å². The van der Waals surface area contributed by atoms with Crippen LogP contribution in [0.15, 0.2) is 24.3 Å². The van der Waals surface area contributed by atoms with Crippen LogP contribution in [0.4, 0.5) is 5.82 Å². The predicted molar refractivity (Wildman–Crippen MR) is 73.6 cm³/mol. The molecule has 0 aliphatic carbocycles. The van der Waals surface area contributed by atoms with Crippen molar-refractivity contribution in [3.63, 3.8) is 0 Å². The fourth-order valence-corrected chi connectivity index (χ4v) is 2.60. The fourth-order valence-electron chi connectivity index (χ4n) is 2.42. The van der Waals surface area contributed by atoms with Crippen molar-refractivity contribution >= 4 is 34.6 Å². The van der Waals surface area contributed by atoms with E-state index in [1.165, 1.54) is 12.8 Å². The van der Waals surface area contributed by atoms with E-state index in [0.717, 1.165) is 36.1 Å². The van der Waals surface area contributed by atoms with Crippen molar-refractivity contribution in [2.45, 2.75) is 12.8 Å². The third-order valence-corrected chi connectivity index (χ3v) is 3.55. The van der Waals surface area contributed by atoms with Crippen LogP contribution in [0.5, 0.6) is 0 Å². The predicted octanol–water partition coefficient (Wildman–Crippen LogP) is 3.30. The molecule has 0 saturated carbocycles. The Bertz CT molecular complexity index is 606. The average molecular weight is 261 g/mol. The Hall–Kier alpha value is -1.61. The molecule has 3 rings (SSSR count). The Balaban J connectivity index is 2.17. The van der Waals surface area contributed by atoms with Gasteiger partial charge in [0.25, 0.3) is 0 Å². The van der Waals surface area contributed by atoms with Crippen LogP contribution in [-0.4, -0.2) is 24.4 Å². The van der Waals surface area contributed by atoms with E-state index in [-0.39, 0.29) is 0 Å². The monoisotopic (exact) mass is 260 g/mol. The standard InChI is InChI=1S/C14H13ClN2O/c15-12-3-4-13-10(8-12)7-11(9-18)14(16-13)17-5-1-2-6-17/h3-4,7-9H,1-2,5-6H2. The smallest absolute Gasteiger partial charge is 0.153 e. The molecular weight excluding hydrogens is 248 g/mol. The van der Waals surface area contributed by atoms with Crippen LogP contribution < -0.4 is 4.90 Å². The number of hydrogen-bond acceptors (Lipinski definition) is 3. The SMILES string of the molecule is O=Cc1cc2cc(Cl)ccc2nc1N1CCCC1. The highest BCUT2D eigenvalue weighted by molar-refractivity contribution is 6.31. The molecule has 1 aromatic carbocycles. The van der Waals surface area contributed by atoms with Crippen LogP contribution in [0.3, 0.4) is 0 Å². The van der Waals surface area contributed by atoms with E-state index in [1.807, 2.05) is 24.3 Å². The molecule has 1 aliphatic heterocycles. The van der Waals surface area contributed by atoms with Crippen molar-refractivity contribution in [2.24, 2.45) is 0 Å². The van der Waals surface area contributed by atoms with Crippen molar-refractivity contribution in [1.29, 1.82) is 0 Å². The van der Waals surface area contributed by atoms with Crippen LogP contribution in [0, 0.1) is 0 Å². The molecule has 0 radical (unpaired) electrons. The van der Waals surface area contributed by atoms with Gasteiger partial charge in [-0.05, 0) is 37.1 Å². The highest BCUT2D eigenvalue weighted by atomic mass is 35.5. The van der Waals surface area contributed by atoms with E-state index in [2.05, 4.69) is 9.88 Å². The number of pyridine rings is 1. The van der Waals surface area contributed by atoms with Gasteiger partial charge in [-0.15, -0.1) is 0 Å². The van der Waals surface area contributed by atoms with E-state index in [1.54, 1.807) is 0 Å². The zero-order valence-corrected chi connectivity index (χ0v) is 10.7. The van der Waals surface area contributed by atoms with Crippen molar-refractivity contribution in [1.82, 2.24) is 4.98 Å². The van der Waals surface area contributed by atoms with E-state index in [9.17, 15) is 4.79 Å². The lowest BCUT2D eigenvalue weighted by Gasteiger charge is -2.18. The summed E-state index contributed by atoms with van der Waals surface area (Å²) in [5, 5.41) is 1.57. The molecule has 0 N–H and O–H groups in total. The number of anilines is 1. The minimum atomic E-state index is 0.645. The maximum atomic E-state index is 11.2. The number of hydrogen-bond donors (Lipinski definition) is 0. The first kappa shape index (κ1) is 11.5. The van der Waals surface area contributed by atoms with Crippen molar-refractivity contribution in [3.05, 3.63) is 34.9 Å². The molecule has 0 atom stereocenters. The number of carbonyl (C=O) groups excluding carboxylic acids is 1. The highest BCUT2D eigenvalue weighted by Crippen LogP contribution is 2.26. The molecule has 1 saturated heterocycles. The number of halogens is 1. The van der Waals surface area contributed by atoms with Gasteiger partial charge in [0, 0.05) is 23.5 Å². The van der Waals surface area contributed by atoms with Crippen LogP contribution in [-0.2, 0) is 0 Å². The number of rotatable bonds is 2. The maximum Gasteiger partial charge on any atom is 0.153 e. The summed E-state index contributed by atoms with van der Waals surface area (Å²) in [7, 11) is 0. The molecule has 1 aromatic heterocycles. The first-order valence-corrected chi connectivity index (χ1v) is 6.46. The molecule has 4 heteroatoms. The molecule has 1 aliphatic rings. The van der Waals surface area contributed by atoms with Gasteiger partial charge >= 0.3 is 0 Å². The van der Waals surface area contributed by atoms with Crippen LogP contribution >= 0.6 is 11.6 Å². The third-order valence-electron chi connectivity index (χ3n) is 3.32. The quantitative estimate of drug-likeness (QED) is 0.777. The summed E-state index contributed by atoms with van der Waals surface area (Å²) in [6.45, 7) is 1.96. The number of benzene rings is 1. The van der Waals surface area contributed by atoms with Gasteiger partial charge in [0.05, 0.1) is 11.1 Å². The lowest BCUT2D eigenvalue weighted by molar-refractivity contribution is 0.112. The summed E-state index contributed by atoms with van der Waals surface area (Å²) in [6, 6.07) is 7.43. The zero-order valence-electron chi connectivity index (χ0n) is 9.90. The second-order valence-electron chi connectivity index (χ2n) is 4.55. The van der Waals surface area contributed by atoms with Crippen molar-refractivity contribution in [3.8, 4) is 0 Å². The molecule has 1 fully saturated rings. The molecule has 0 unspecified atom stereocenters. The minimum absolute atomic E-state index is 0.645. The molecule has 2 aromatic rings. The van der Waals surface area contributed by atoms with Gasteiger partial charge in [0.2, 0.25) is 0 Å². The second-order valence-corrected chi connectivity index (χ2v) is 4.99. The van der Waals surface area contributed by atoms with Crippen LogP contribution in [0.1, 0.15) is 23.2 Å². The zero-order chi connectivity index (χ0) is 12.5. The first-order chi connectivity index (χ1) is 8.78. The lowest BCUT2D eigenvalue weighted by atomic mass is 10.1. The largest absolute Gasteiger partial charge is 0.356 e. The Labute approximate surface area is 110 Å². The highest BCUT2D eigenvalue weighted by Gasteiger charge is 2.17. The number of aldehydes is 1.